The zero-order valence-corrected chi connectivity index (χ0v) is 14.6. The van der Waals surface area contributed by atoms with E-state index >= 15 is 0 Å². The fraction of sp³-hybridized carbons (Fsp3) is 0.429. The Morgan fingerprint density at radius 2 is 1.69 bits per heavy atom. The molecule has 1 heterocycles. The zero-order chi connectivity index (χ0) is 18.1. The molecule has 1 aliphatic carbocycles. The SMILES string of the molecule is Oc1ccc(C(O)CN2C[C@H]3CC(Oc4ccccc4F)C[C@H]3C2)cc1. The van der Waals surface area contributed by atoms with E-state index in [0.29, 0.717) is 24.1 Å². The number of nitrogens with zero attached hydrogens (tertiary/aromatic N) is 1. The summed E-state index contributed by atoms with van der Waals surface area (Å²) in [6.45, 7) is 2.48. The zero-order valence-electron chi connectivity index (χ0n) is 14.6. The quantitative estimate of drug-likeness (QED) is 0.862. The number of β-amino-alcohol motifs (C(OH)–C–C–N with tert-alkyl or cyclic N) is 1. The van der Waals surface area contributed by atoms with Crippen molar-refractivity contribution in [3.63, 3.8) is 0 Å². The van der Waals surface area contributed by atoms with Gasteiger partial charge in [-0.15, -0.1) is 0 Å². The molecular formula is C21H24FNO3. The molecule has 2 aromatic carbocycles. The molecule has 0 aromatic heterocycles. The molecule has 0 bridgehead atoms. The summed E-state index contributed by atoms with van der Waals surface area (Å²) in [4.78, 5) is 2.30. The van der Waals surface area contributed by atoms with Gasteiger partial charge in [0.15, 0.2) is 11.6 Å². The Labute approximate surface area is 152 Å². The molecule has 26 heavy (non-hydrogen) atoms. The van der Waals surface area contributed by atoms with Gasteiger partial charge in [-0.2, -0.15) is 0 Å². The first kappa shape index (κ1) is 17.3. The molecule has 2 aliphatic rings. The molecule has 2 aromatic rings. The summed E-state index contributed by atoms with van der Waals surface area (Å²) in [5.41, 5.74) is 0.820. The number of hydrogen-bond donors (Lipinski definition) is 2. The van der Waals surface area contributed by atoms with E-state index in [-0.39, 0.29) is 17.7 Å². The molecule has 2 unspecified atom stereocenters. The number of likely N-dealkylation sites (tertiary alicyclic amines) is 1. The summed E-state index contributed by atoms with van der Waals surface area (Å²) >= 11 is 0. The number of phenols is 1. The van der Waals surface area contributed by atoms with Gasteiger partial charge in [0.25, 0.3) is 0 Å². The van der Waals surface area contributed by atoms with Crippen LogP contribution in [0.3, 0.4) is 0 Å². The van der Waals surface area contributed by atoms with E-state index in [0.717, 1.165) is 31.5 Å². The van der Waals surface area contributed by atoms with Crippen LogP contribution in [0.25, 0.3) is 0 Å². The molecule has 2 fully saturated rings. The maximum Gasteiger partial charge on any atom is 0.165 e. The number of halogens is 1. The van der Waals surface area contributed by atoms with Crippen LogP contribution in [0.2, 0.25) is 0 Å². The van der Waals surface area contributed by atoms with E-state index in [1.54, 1.807) is 42.5 Å². The summed E-state index contributed by atoms with van der Waals surface area (Å²) in [6, 6.07) is 13.3. The molecule has 4 nitrogen and oxygen atoms in total. The predicted molar refractivity (Wildman–Crippen MR) is 96.5 cm³/mol. The van der Waals surface area contributed by atoms with Crippen LogP contribution in [0.4, 0.5) is 4.39 Å². The van der Waals surface area contributed by atoms with Crippen molar-refractivity contribution in [1.29, 1.82) is 0 Å². The lowest BCUT2D eigenvalue weighted by atomic mass is 10.0. The van der Waals surface area contributed by atoms with Gasteiger partial charge in [-0.25, -0.2) is 4.39 Å². The molecule has 138 valence electrons. The van der Waals surface area contributed by atoms with Crippen LogP contribution in [-0.2, 0) is 0 Å². The Morgan fingerprint density at radius 3 is 2.35 bits per heavy atom. The highest BCUT2D eigenvalue weighted by Gasteiger charge is 2.42. The number of aromatic hydroxyl groups is 1. The number of aliphatic hydroxyl groups excluding tert-OH is 1. The van der Waals surface area contributed by atoms with Crippen LogP contribution in [0.5, 0.6) is 11.5 Å². The van der Waals surface area contributed by atoms with Gasteiger partial charge in [-0.3, -0.25) is 4.90 Å². The first-order valence-corrected chi connectivity index (χ1v) is 9.19. The fourth-order valence-electron chi connectivity index (χ4n) is 4.35. The molecule has 4 atom stereocenters. The van der Waals surface area contributed by atoms with Crippen molar-refractivity contribution in [2.45, 2.75) is 25.0 Å². The summed E-state index contributed by atoms with van der Waals surface area (Å²) in [5, 5.41) is 19.8. The third-order valence-electron chi connectivity index (χ3n) is 5.62. The smallest absolute Gasteiger partial charge is 0.165 e. The highest BCUT2D eigenvalue weighted by atomic mass is 19.1. The number of rotatable bonds is 5. The van der Waals surface area contributed by atoms with Gasteiger partial charge in [0, 0.05) is 19.6 Å². The van der Waals surface area contributed by atoms with Crippen LogP contribution in [0, 0.1) is 17.7 Å². The van der Waals surface area contributed by atoms with Gasteiger partial charge < -0.3 is 14.9 Å². The van der Waals surface area contributed by atoms with Crippen LogP contribution >= 0.6 is 0 Å². The van der Waals surface area contributed by atoms with Crippen LogP contribution in [-0.4, -0.2) is 40.9 Å². The van der Waals surface area contributed by atoms with E-state index in [9.17, 15) is 14.6 Å². The highest BCUT2D eigenvalue weighted by molar-refractivity contribution is 5.27. The number of ether oxygens (including phenoxy) is 1. The second-order valence-corrected chi connectivity index (χ2v) is 7.49. The maximum atomic E-state index is 13.7. The van der Waals surface area contributed by atoms with Gasteiger partial charge in [0.1, 0.15) is 5.75 Å². The van der Waals surface area contributed by atoms with Crippen molar-refractivity contribution in [3.8, 4) is 11.5 Å². The number of para-hydroxylation sites is 1. The van der Waals surface area contributed by atoms with Gasteiger partial charge in [-0.05, 0) is 54.5 Å². The minimum Gasteiger partial charge on any atom is -0.508 e. The number of aliphatic hydroxyl groups is 1. The lowest BCUT2D eigenvalue weighted by Gasteiger charge is -2.22. The Hall–Kier alpha value is -2.11. The molecule has 2 N–H and O–H groups in total. The first-order valence-electron chi connectivity index (χ1n) is 9.19. The second-order valence-electron chi connectivity index (χ2n) is 7.49. The van der Waals surface area contributed by atoms with E-state index in [2.05, 4.69) is 4.90 Å². The van der Waals surface area contributed by atoms with E-state index in [4.69, 9.17) is 4.74 Å². The third kappa shape index (κ3) is 3.69. The van der Waals surface area contributed by atoms with Crippen molar-refractivity contribution in [3.05, 3.63) is 59.9 Å². The normalized spacial score (nSPS) is 26.6. The molecule has 0 spiro atoms. The van der Waals surface area contributed by atoms with Crippen LogP contribution in [0.1, 0.15) is 24.5 Å². The van der Waals surface area contributed by atoms with E-state index in [1.165, 1.54) is 6.07 Å². The molecule has 4 rings (SSSR count). The molecule has 5 heteroatoms. The van der Waals surface area contributed by atoms with Crippen molar-refractivity contribution < 1.29 is 19.3 Å². The van der Waals surface area contributed by atoms with Crippen molar-refractivity contribution in [1.82, 2.24) is 4.90 Å². The summed E-state index contributed by atoms with van der Waals surface area (Å²) in [7, 11) is 0. The standard InChI is InChI=1S/C21H24FNO3/c22-19-3-1-2-4-21(19)26-18-9-15-11-23(12-16(15)10-18)13-20(25)14-5-7-17(24)8-6-14/h1-8,15-16,18,20,24-25H,9-13H2/t15-,16+,18?,20?. The number of fused-ring (bicyclic) bond motifs is 1. The third-order valence-corrected chi connectivity index (χ3v) is 5.62. The molecule has 0 radical (unpaired) electrons. The monoisotopic (exact) mass is 357 g/mol. The Morgan fingerprint density at radius 1 is 1.04 bits per heavy atom. The average molecular weight is 357 g/mol. The predicted octanol–water partition coefficient (Wildman–Crippen LogP) is 3.35. The Bertz CT molecular complexity index is 737. The van der Waals surface area contributed by atoms with Crippen molar-refractivity contribution in [2.24, 2.45) is 11.8 Å². The average Bonchev–Trinajstić information content (AvgIpc) is 3.15. The van der Waals surface area contributed by atoms with Crippen LogP contribution in [0.15, 0.2) is 48.5 Å². The highest BCUT2D eigenvalue weighted by Crippen LogP contribution is 2.40. The molecule has 1 saturated heterocycles. The molecule has 0 amide bonds. The summed E-state index contributed by atoms with van der Waals surface area (Å²) in [6.07, 6.45) is 1.39. The van der Waals surface area contributed by atoms with Gasteiger partial charge in [0.05, 0.1) is 12.2 Å². The maximum absolute atomic E-state index is 13.7. The number of benzene rings is 2. The minimum atomic E-state index is -0.556. The Kier molecular flexibility index (Phi) is 4.83. The van der Waals surface area contributed by atoms with E-state index < -0.39 is 6.10 Å². The lowest BCUT2D eigenvalue weighted by molar-refractivity contribution is 0.115. The van der Waals surface area contributed by atoms with Crippen molar-refractivity contribution in [2.75, 3.05) is 19.6 Å². The minimum absolute atomic E-state index is 0.0751. The first-order chi connectivity index (χ1) is 12.6. The van der Waals surface area contributed by atoms with Gasteiger partial charge >= 0.3 is 0 Å². The van der Waals surface area contributed by atoms with E-state index in [1.807, 2.05) is 0 Å². The summed E-state index contributed by atoms with van der Waals surface area (Å²) in [5.74, 6) is 1.33. The fourth-order valence-corrected chi connectivity index (χ4v) is 4.35. The largest absolute Gasteiger partial charge is 0.508 e. The van der Waals surface area contributed by atoms with Gasteiger partial charge in [-0.1, -0.05) is 24.3 Å². The number of phenolic OH excluding ortho intramolecular Hbond substituents is 1. The molecule has 1 aliphatic heterocycles. The van der Waals surface area contributed by atoms with Gasteiger partial charge in [0.2, 0.25) is 0 Å². The lowest BCUT2D eigenvalue weighted by Crippen LogP contribution is -2.29. The second kappa shape index (κ2) is 7.25. The Balaban J connectivity index is 1.29. The topological polar surface area (TPSA) is 52.9 Å². The summed E-state index contributed by atoms with van der Waals surface area (Å²) < 4.78 is 19.6. The number of hydrogen-bond acceptors (Lipinski definition) is 4. The van der Waals surface area contributed by atoms with Crippen LogP contribution < -0.4 is 4.74 Å². The molecular weight excluding hydrogens is 333 g/mol. The van der Waals surface area contributed by atoms with Crippen molar-refractivity contribution >= 4 is 0 Å². The molecule has 1 saturated carbocycles.